The minimum absolute atomic E-state index is 0.00230. The van der Waals surface area contributed by atoms with Crippen molar-refractivity contribution in [3.8, 4) is 11.5 Å². The molecule has 0 radical (unpaired) electrons. The standard InChI is InChI=1S/C20H21NO7/c1-4-25-20(24)17-11(2)18(21-12(17)3)13(22)9-27-19(23)16-10-26-14-7-5-6-8-15(14)28-16/h5-8,16,21H,4,9-10H2,1-3H3/t16-/m0/s1. The SMILES string of the molecule is CCOC(=O)c1c(C)[nH]c(C(=O)COC(=O)[C@@H]2COc3ccccc3O2)c1C. The highest BCUT2D eigenvalue weighted by molar-refractivity contribution is 6.02. The van der Waals surface area contributed by atoms with Crippen molar-refractivity contribution in [3.63, 3.8) is 0 Å². The number of ether oxygens (including phenoxy) is 4. The van der Waals surface area contributed by atoms with E-state index in [2.05, 4.69) is 4.98 Å². The van der Waals surface area contributed by atoms with Crippen molar-refractivity contribution in [1.29, 1.82) is 0 Å². The normalized spacial score (nSPS) is 15.0. The van der Waals surface area contributed by atoms with Crippen LogP contribution in [-0.4, -0.2) is 48.6 Å². The molecule has 1 aliphatic rings. The predicted molar refractivity (Wildman–Crippen MR) is 97.9 cm³/mol. The molecule has 1 aromatic carbocycles. The van der Waals surface area contributed by atoms with E-state index < -0.39 is 30.4 Å². The second kappa shape index (κ2) is 8.16. The van der Waals surface area contributed by atoms with Gasteiger partial charge >= 0.3 is 11.9 Å². The zero-order chi connectivity index (χ0) is 20.3. The van der Waals surface area contributed by atoms with Gasteiger partial charge in [0.25, 0.3) is 0 Å². The minimum Gasteiger partial charge on any atom is -0.485 e. The van der Waals surface area contributed by atoms with E-state index in [1.165, 1.54) is 0 Å². The molecule has 1 aromatic heterocycles. The number of benzene rings is 1. The molecule has 1 atom stereocenters. The van der Waals surface area contributed by atoms with E-state index in [1.807, 2.05) is 0 Å². The molecule has 2 aromatic rings. The number of aromatic amines is 1. The maximum atomic E-state index is 12.5. The first kappa shape index (κ1) is 19.5. The van der Waals surface area contributed by atoms with Crippen LogP contribution in [0.15, 0.2) is 24.3 Å². The Balaban J connectivity index is 1.62. The molecule has 148 valence electrons. The smallest absolute Gasteiger partial charge is 0.351 e. The number of aromatic nitrogens is 1. The number of nitrogens with one attached hydrogen (secondary N) is 1. The molecule has 0 amide bonds. The molecular weight excluding hydrogens is 366 g/mol. The van der Waals surface area contributed by atoms with Crippen LogP contribution in [0, 0.1) is 13.8 Å². The Bertz CT molecular complexity index is 915. The lowest BCUT2D eigenvalue weighted by atomic mass is 10.1. The van der Waals surface area contributed by atoms with Gasteiger partial charge in [-0.05, 0) is 38.5 Å². The zero-order valence-corrected chi connectivity index (χ0v) is 15.9. The average Bonchev–Trinajstić information content (AvgIpc) is 2.99. The lowest BCUT2D eigenvalue weighted by Gasteiger charge is -2.24. The maximum absolute atomic E-state index is 12.5. The van der Waals surface area contributed by atoms with Gasteiger partial charge in [0.1, 0.15) is 6.61 Å². The van der Waals surface area contributed by atoms with Crippen LogP contribution in [0.4, 0.5) is 0 Å². The molecule has 8 nitrogen and oxygen atoms in total. The molecule has 8 heteroatoms. The molecule has 2 heterocycles. The summed E-state index contributed by atoms with van der Waals surface area (Å²) in [7, 11) is 0. The number of Topliss-reactive ketones (excluding diaryl/α,β-unsaturated/α-hetero) is 1. The third kappa shape index (κ3) is 3.85. The van der Waals surface area contributed by atoms with Gasteiger partial charge in [-0.3, -0.25) is 4.79 Å². The van der Waals surface area contributed by atoms with Gasteiger partial charge in [0, 0.05) is 5.69 Å². The van der Waals surface area contributed by atoms with Crippen molar-refractivity contribution in [1.82, 2.24) is 4.98 Å². The number of esters is 2. The topological polar surface area (TPSA) is 104 Å². The Morgan fingerprint density at radius 2 is 1.86 bits per heavy atom. The largest absolute Gasteiger partial charge is 0.485 e. The molecule has 0 aliphatic carbocycles. The average molecular weight is 387 g/mol. The van der Waals surface area contributed by atoms with Gasteiger partial charge < -0.3 is 23.9 Å². The number of aryl methyl sites for hydroxylation is 1. The van der Waals surface area contributed by atoms with E-state index in [-0.39, 0.29) is 18.9 Å². The van der Waals surface area contributed by atoms with Crippen LogP contribution < -0.4 is 9.47 Å². The van der Waals surface area contributed by atoms with Gasteiger partial charge in [0.2, 0.25) is 11.9 Å². The summed E-state index contributed by atoms with van der Waals surface area (Å²) >= 11 is 0. The summed E-state index contributed by atoms with van der Waals surface area (Å²) in [5.74, 6) is -0.671. The van der Waals surface area contributed by atoms with Crippen LogP contribution in [0.25, 0.3) is 0 Å². The molecule has 28 heavy (non-hydrogen) atoms. The molecule has 0 spiro atoms. The van der Waals surface area contributed by atoms with Gasteiger partial charge in [-0.2, -0.15) is 0 Å². The molecule has 0 bridgehead atoms. The number of fused-ring (bicyclic) bond motifs is 1. The Labute approximate surface area is 161 Å². The fourth-order valence-electron chi connectivity index (χ4n) is 2.98. The van der Waals surface area contributed by atoms with Crippen LogP contribution in [-0.2, 0) is 14.3 Å². The van der Waals surface area contributed by atoms with E-state index in [0.717, 1.165) is 0 Å². The summed E-state index contributed by atoms with van der Waals surface area (Å²) in [6.07, 6.45) is -0.954. The van der Waals surface area contributed by atoms with Crippen LogP contribution in [0.5, 0.6) is 11.5 Å². The van der Waals surface area contributed by atoms with Crippen LogP contribution >= 0.6 is 0 Å². The fraction of sp³-hybridized carbons (Fsp3) is 0.350. The second-order valence-corrected chi connectivity index (χ2v) is 6.24. The number of carbonyl (C=O) groups is 3. The van der Waals surface area contributed by atoms with Crippen LogP contribution in [0.3, 0.4) is 0 Å². The summed E-state index contributed by atoms with van der Waals surface area (Å²) in [6, 6.07) is 6.97. The number of ketones is 1. The van der Waals surface area contributed by atoms with Crippen molar-refractivity contribution in [2.45, 2.75) is 26.9 Å². The molecule has 3 rings (SSSR count). The van der Waals surface area contributed by atoms with Crippen molar-refractivity contribution in [2.75, 3.05) is 19.8 Å². The van der Waals surface area contributed by atoms with E-state index in [4.69, 9.17) is 18.9 Å². The van der Waals surface area contributed by atoms with Gasteiger partial charge in [-0.25, -0.2) is 9.59 Å². The molecule has 0 fully saturated rings. The monoisotopic (exact) mass is 387 g/mol. The van der Waals surface area contributed by atoms with Crippen LogP contribution in [0.2, 0.25) is 0 Å². The lowest BCUT2D eigenvalue weighted by Crippen LogP contribution is -2.38. The number of H-pyrrole nitrogens is 1. The fourth-order valence-corrected chi connectivity index (χ4v) is 2.98. The highest BCUT2D eigenvalue weighted by Gasteiger charge is 2.30. The molecule has 0 unspecified atom stereocenters. The quantitative estimate of drug-likeness (QED) is 0.599. The van der Waals surface area contributed by atoms with Crippen molar-refractivity contribution in [3.05, 3.63) is 46.8 Å². The van der Waals surface area contributed by atoms with Crippen LogP contribution in [0.1, 0.15) is 39.0 Å². The van der Waals surface area contributed by atoms with Gasteiger partial charge in [-0.1, -0.05) is 12.1 Å². The number of para-hydroxylation sites is 2. The second-order valence-electron chi connectivity index (χ2n) is 6.24. The van der Waals surface area contributed by atoms with Gasteiger partial charge in [0.05, 0.1) is 17.9 Å². The molecule has 0 saturated heterocycles. The molecule has 1 aliphatic heterocycles. The summed E-state index contributed by atoms with van der Waals surface area (Å²) in [5, 5.41) is 0. The van der Waals surface area contributed by atoms with Crippen molar-refractivity contribution >= 4 is 17.7 Å². The first-order chi connectivity index (χ1) is 13.4. The molecular formula is C20H21NO7. The minimum atomic E-state index is -0.954. The number of hydrogen-bond donors (Lipinski definition) is 1. The summed E-state index contributed by atoms with van der Waals surface area (Å²) in [5.41, 5.74) is 1.51. The van der Waals surface area contributed by atoms with E-state index in [0.29, 0.717) is 28.3 Å². The maximum Gasteiger partial charge on any atom is 0.351 e. The Hall–Kier alpha value is -3.29. The highest BCUT2D eigenvalue weighted by Crippen LogP contribution is 2.31. The number of hydrogen-bond acceptors (Lipinski definition) is 7. The number of carbonyl (C=O) groups excluding carboxylic acids is 3. The molecule has 0 saturated carbocycles. The molecule has 1 N–H and O–H groups in total. The van der Waals surface area contributed by atoms with Crippen molar-refractivity contribution in [2.24, 2.45) is 0 Å². The predicted octanol–water partition coefficient (Wildman–Crippen LogP) is 2.37. The van der Waals surface area contributed by atoms with Crippen molar-refractivity contribution < 1.29 is 33.3 Å². The van der Waals surface area contributed by atoms with Gasteiger partial charge in [0.15, 0.2) is 18.1 Å². The number of rotatable bonds is 6. The van der Waals surface area contributed by atoms with Gasteiger partial charge in [-0.15, -0.1) is 0 Å². The first-order valence-corrected chi connectivity index (χ1v) is 8.87. The Kier molecular flexibility index (Phi) is 5.67. The highest BCUT2D eigenvalue weighted by atomic mass is 16.6. The van der Waals surface area contributed by atoms with E-state index >= 15 is 0 Å². The zero-order valence-electron chi connectivity index (χ0n) is 15.9. The van der Waals surface area contributed by atoms with E-state index in [1.54, 1.807) is 45.0 Å². The van der Waals surface area contributed by atoms with E-state index in [9.17, 15) is 14.4 Å². The third-order valence-electron chi connectivity index (χ3n) is 4.31. The lowest BCUT2D eigenvalue weighted by molar-refractivity contribution is -0.153. The summed E-state index contributed by atoms with van der Waals surface area (Å²) in [6.45, 7) is 4.76. The third-order valence-corrected chi connectivity index (χ3v) is 4.31. The first-order valence-electron chi connectivity index (χ1n) is 8.87. The summed E-state index contributed by atoms with van der Waals surface area (Å²) < 4.78 is 21.1. The summed E-state index contributed by atoms with van der Waals surface area (Å²) in [4.78, 5) is 39.6. The Morgan fingerprint density at radius 3 is 2.57 bits per heavy atom. The Morgan fingerprint density at radius 1 is 1.14 bits per heavy atom.